The third kappa shape index (κ3) is 2.77. The lowest BCUT2D eigenvalue weighted by Crippen LogP contribution is -2.51. The summed E-state index contributed by atoms with van der Waals surface area (Å²) in [6.07, 6.45) is -0.608. The van der Waals surface area contributed by atoms with Gasteiger partial charge in [0.2, 0.25) is 9.84 Å². The number of rotatable bonds is 2. The maximum atomic E-state index is 12.7. The van der Waals surface area contributed by atoms with E-state index in [0.717, 1.165) is 0 Å². The van der Waals surface area contributed by atoms with Crippen LogP contribution in [0.4, 0.5) is 0 Å². The lowest BCUT2D eigenvalue weighted by atomic mass is 10.1. The van der Waals surface area contributed by atoms with Gasteiger partial charge in [-0.15, -0.1) is 0 Å². The first-order valence-corrected chi connectivity index (χ1v) is 9.18. The summed E-state index contributed by atoms with van der Waals surface area (Å²) in [4.78, 5) is -0.237. The van der Waals surface area contributed by atoms with E-state index in [-0.39, 0.29) is 23.7 Å². The largest absolute Gasteiger partial charge is 0.358 e. The second kappa shape index (κ2) is 5.31. The van der Waals surface area contributed by atoms with Crippen LogP contribution in [0.25, 0.3) is 0 Å². The molecule has 5 nitrogen and oxygen atoms in total. The molecule has 2 saturated heterocycles. The van der Waals surface area contributed by atoms with Crippen molar-refractivity contribution in [3.63, 3.8) is 0 Å². The van der Waals surface area contributed by atoms with E-state index in [1.807, 2.05) is 13.8 Å². The van der Waals surface area contributed by atoms with Crippen LogP contribution in [0.5, 0.6) is 0 Å². The quantitative estimate of drug-likeness (QED) is 0.739. The van der Waals surface area contributed by atoms with E-state index in [1.165, 1.54) is 0 Å². The van der Waals surface area contributed by atoms with Crippen LogP contribution in [0.3, 0.4) is 0 Å². The van der Waals surface area contributed by atoms with E-state index in [0.29, 0.717) is 0 Å². The molecule has 0 N–H and O–H groups in total. The molecule has 0 bridgehead atoms. The van der Waals surface area contributed by atoms with Crippen molar-refractivity contribution in [2.75, 3.05) is 6.61 Å². The van der Waals surface area contributed by atoms with E-state index in [9.17, 15) is 8.42 Å². The molecule has 0 aromatic heterocycles. The molecule has 1 unspecified atom stereocenters. The summed E-state index contributed by atoms with van der Waals surface area (Å²) >= 11 is 3.44. The van der Waals surface area contributed by atoms with Crippen molar-refractivity contribution in [2.45, 2.75) is 47.0 Å². The topological polar surface area (TPSA) is 61.8 Å². The van der Waals surface area contributed by atoms with E-state index in [2.05, 4.69) is 15.9 Å². The molecule has 0 radical (unpaired) electrons. The molecule has 2 aliphatic heterocycles. The van der Waals surface area contributed by atoms with Gasteiger partial charge >= 0.3 is 0 Å². The summed E-state index contributed by atoms with van der Waals surface area (Å²) < 4.78 is 42.5. The Labute approximate surface area is 132 Å². The van der Waals surface area contributed by atoms with Crippen molar-refractivity contribution in [3.05, 3.63) is 30.3 Å². The van der Waals surface area contributed by atoms with Gasteiger partial charge in [-0.2, -0.15) is 0 Å². The molecule has 0 amide bonds. The Hall–Kier alpha value is -0.470. The zero-order valence-corrected chi connectivity index (χ0v) is 14.1. The predicted molar refractivity (Wildman–Crippen MR) is 79.9 cm³/mol. The molecule has 4 atom stereocenters. The molecule has 1 aromatic carbocycles. The SMILES string of the molecule is CC1(C)O[C@@H]2CO[C@H](S(=O)(=O)c3ccccc3)C(Br)[C@@H]2O1. The van der Waals surface area contributed by atoms with E-state index in [4.69, 9.17) is 14.2 Å². The predicted octanol–water partition coefficient (Wildman–Crippen LogP) is 2.10. The highest BCUT2D eigenvalue weighted by atomic mass is 79.9. The second-order valence-corrected chi connectivity index (χ2v) is 8.73. The summed E-state index contributed by atoms with van der Waals surface area (Å²) in [5.41, 5.74) is -0.987. The first-order valence-electron chi connectivity index (χ1n) is 6.71. The Kier molecular flexibility index (Phi) is 3.90. The van der Waals surface area contributed by atoms with Crippen LogP contribution < -0.4 is 0 Å². The van der Waals surface area contributed by atoms with Crippen LogP contribution in [-0.4, -0.2) is 43.3 Å². The molecule has 21 heavy (non-hydrogen) atoms. The average molecular weight is 377 g/mol. The van der Waals surface area contributed by atoms with Gasteiger partial charge < -0.3 is 14.2 Å². The van der Waals surface area contributed by atoms with Crippen LogP contribution in [0.1, 0.15) is 13.8 Å². The van der Waals surface area contributed by atoms with Crippen LogP contribution in [0.15, 0.2) is 35.2 Å². The van der Waals surface area contributed by atoms with Crippen LogP contribution in [0, 0.1) is 0 Å². The van der Waals surface area contributed by atoms with Gasteiger partial charge in [-0.05, 0) is 26.0 Å². The number of benzene rings is 1. The number of halogens is 1. The molecule has 2 aliphatic rings. The van der Waals surface area contributed by atoms with Crippen molar-refractivity contribution in [2.24, 2.45) is 0 Å². The molecular formula is C14H17BrO5S. The third-order valence-corrected chi connectivity index (χ3v) is 6.92. The average Bonchev–Trinajstić information content (AvgIpc) is 2.75. The lowest BCUT2D eigenvalue weighted by Gasteiger charge is -2.34. The number of hydrogen-bond donors (Lipinski definition) is 0. The van der Waals surface area contributed by atoms with Crippen LogP contribution in [-0.2, 0) is 24.0 Å². The fraction of sp³-hybridized carbons (Fsp3) is 0.571. The number of fused-ring (bicyclic) bond motifs is 1. The first-order chi connectivity index (χ1) is 9.81. The number of hydrogen-bond acceptors (Lipinski definition) is 5. The lowest BCUT2D eigenvalue weighted by molar-refractivity contribution is -0.146. The minimum atomic E-state index is -3.59. The van der Waals surface area contributed by atoms with Crippen molar-refractivity contribution in [3.8, 4) is 0 Å². The van der Waals surface area contributed by atoms with Gasteiger partial charge in [0.1, 0.15) is 12.2 Å². The molecule has 3 rings (SSSR count). The van der Waals surface area contributed by atoms with Gasteiger partial charge in [0, 0.05) is 0 Å². The first kappa shape index (κ1) is 15.4. The van der Waals surface area contributed by atoms with Crippen molar-refractivity contribution < 1.29 is 22.6 Å². The minimum Gasteiger partial charge on any atom is -0.358 e. The Balaban J connectivity index is 1.88. The van der Waals surface area contributed by atoms with Gasteiger partial charge in [0.25, 0.3) is 0 Å². The Bertz CT molecular complexity index is 616. The monoisotopic (exact) mass is 376 g/mol. The molecular weight excluding hydrogens is 360 g/mol. The molecule has 2 heterocycles. The fourth-order valence-electron chi connectivity index (χ4n) is 2.70. The normalized spacial score (nSPS) is 35.4. The van der Waals surface area contributed by atoms with E-state index in [1.54, 1.807) is 30.3 Å². The zero-order chi connectivity index (χ0) is 15.3. The second-order valence-electron chi connectivity index (χ2n) is 5.64. The summed E-state index contributed by atoms with van der Waals surface area (Å²) in [5.74, 6) is -0.726. The smallest absolute Gasteiger partial charge is 0.206 e. The Morgan fingerprint density at radius 1 is 1.19 bits per heavy atom. The van der Waals surface area contributed by atoms with E-state index >= 15 is 0 Å². The fourth-order valence-corrected chi connectivity index (χ4v) is 5.72. The summed E-state index contributed by atoms with van der Waals surface area (Å²) in [6.45, 7) is 3.82. The van der Waals surface area contributed by atoms with Gasteiger partial charge in [0.05, 0.1) is 16.3 Å². The summed E-state index contributed by atoms with van der Waals surface area (Å²) in [6, 6.07) is 8.31. The Morgan fingerprint density at radius 2 is 1.86 bits per heavy atom. The number of sulfone groups is 1. The van der Waals surface area contributed by atoms with Crippen LogP contribution >= 0.6 is 15.9 Å². The van der Waals surface area contributed by atoms with Gasteiger partial charge in [0.15, 0.2) is 11.2 Å². The number of alkyl halides is 1. The van der Waals surface area contributed by atoms with Crippen molar-refractivity contribution >= 4 is 25.8 Å². The molecule has 2 fully saturated rings. The van der Waals surface area contributed by atoms with Crippen molar-refractivity contribution in [1.29, 1.82) is 0 Å². The highest BCUT2D eigenvalue weighted by Crippen LogP contribution is 2.39. The van der Waals surface area contributed by atoms with E-state index < -0.39 is 25.9 Å². The summed E-state index contributed by atoms with van der Waals surface area (Å²) in [5, 5.41) is 0. The van der Waals surface area contributed by atoms with Crippen molar-refractivity contribution in [1.82, 2.24) is 0 Å². The minimum absolute atomic E-state index is 0.201. The molecule has 116 valence electrons. The Morgan fingerprint density at radius 3 is 2.52 bits per heavy atom. The molecule has 0 spiro atoms. The maximum Gasteiger partial charge on any atom is 0.206 e. The highest BCUT2D eigenvalue weighted by Gasteiger charge is 2.53. The molecule has 0 saturated carbocycles. The van der Waals surface area contributed by atoms with Gasteiger partial charge in [-0.3, -0.25) is 0 Å². The number of ether oxygens (including phenoxy) is 3. The zero-order valence-electron chi connectivity index (χ0n) is 11.7. The highest BCUT2D eigenvalue weighted by molar-refractivity contribution is 9.09. The molecule has 0 aliphatic carbocycles. The standard InChI is InChI=1S/C14H17BrO5S/c1-14(2)19-10-8-18-13(11(15)12(10)20-14)21(16,17)9-6-4-3-5-7-9/h3-7,10-13H,8H2,1-2H3/t10-,11?,12-,13-/m1/s1. The molecule has 7 heteroatoms. The van der Waals surface area contributed by atoms with Gasteiger partial charge in [-0.1, -0.05) is 34.1 Å². The van der Waals surface area contributed by atoms with Gasteiger partial charge in [-0.25, -0.2) is 8.42 Å². The third-order valence-electron chi connectivity index (χ3n) is 3.60. The summed E-state index contributed by atoms with van der Waals surface area (Å²) in [7, 11) is -3.59. The van der Waals surface area contributed by atoms with Crippen LogP contribution in [0.2, 0.25) is 0 Å². The molecule has 1 aromatic rings. The maximum absolute atomic E-state index is 12.7.